The minimum Gasteiger partial charge on any atom is -0.457 e. The van der Waals surface area contributed by atoms with E-state index in [1.165, 1.54) is 22.9 Å². The molecule has 164 valence electrons. The summed E-state index contributed by atoms with van der Waals surface area (Å²) in [7, 11) is 1.71. The van der Waals surface area contributed by atoms with Crippen LogP contribution in [0.15, 0.2) is 81.5 Å². The molecule has 2 heterocycles. The second-order valence-electron chi connectivity index (χ2n) is 7.27. The topological polar surface area (TPSA) is 93.0 Å². The summed E-state index contributed by atoms with van der Waals surface area (Å²) in [4.78, 5) is 25.8. The van der Waals surface area contributed by atoms with Gasteiger partial charge in [0.25, 0.3) is 11.5 Å². The Hall–Kier alpha value is -4.64. The molecule has 2 aromatic carbocycles. The molecule has 0 saturated carbocycles. The molecule has 7 nitrogen and oxygen atoms in total. The molecule has 0 aliphatic heterocycles. The van der Waals surface area contributed by atoms with Gasteiger partial charge in [-0.15, -0.1) is 0 Å². The van der Waals surface area contributed by atoms with Crippen LogP contribution in [0.3, 0.4) is 0 Å². The number of para-hydroxylation sites is 1. The molecule has 8 heteroatoms. The SMILES string of the molecule is Cc1c(NC(=O)/C(C#N)=C/c2ccc(-c3ccc(F)cc3)o2)c(=O)n(-c2ccccc2)n1C. The van der Waals surface area contributed by atoms with Crippen LogP contribution in [0.2, 0.25) is 0 Å². The lowest BCUT2D eigenvalue weighted by atomic mass is 10.2. The zero-order valence-corrected chi connectivity index (χ0v) is 17.9. The number of carbonyl (C=O) groups is 1. The number of benzene rings is 2. The van der Waals surface area contributed by atoms with Crippen molar-refractivity contribution >= 4 is 17.7 Å². The van der Waals surface area contributed by atoms with Crippen molar-refractivity contribution in [2.45, 2.75) is 6.92 Å². The Kier molecular flexibility index (Phi) is 5.79. The smallest absolute Gasteiger partial charge is 0.295 e. The standard InChI is InChI=1S/C25H19FN4O3/c1-16-23(25(32)30(29(16)2)20-6-4-3-5-7-20)28-24(31)18(15-27)14-21-12-13-22(33-21)17-8-10-19(26)11-9-17/h3-14H,1-2H3,(H,28,31)/b18-14+. The fourth-order valence-corrected chi connectivity index (χ4v) is 3.38. The Morgan fingerprint density at radius 2 is 1.79 bits per heavy atom. The van der Waals surface area contributed by atoms with E-state index in [2.05, 4.69) is 5.32 Å². The number of nitrogens with zero attached hydrogens (tertiary/aromatic N) is 3. The molecule has 0 spiro atoms. The lowest BCUT2D eigenvalue weighted by molar-refractivity contribution is -0.112. The van der Waals surface area contributed by atoms with Crippen molar-refractivity contribution in [1.82, 2.24) is 9.36 Å². The van der Waals surface area contributed by atoms with Crippen LogP contribution in [-0.4, -0.2) is 15.3 Å². The predicted octanol–water partition coefficient (Wildman–Crippen LogP) is 4.43. The lowest BCUT2D eigenvalue weighted by Gasteiger charge is -2.07. The van der Waals surface area contributed by atoms with Crippen molar-refractivity contribution in [1.29, 1.82) is 5.26 Å². The van der Waals surface area contributed by atoms with Gasteiger partial charge in [0, 0.05) is 18.7 Å². The van der Waals surface area contributed by atoms with Crippen LogP contribution >= 0.6 is 0 Å². The van der Waals surface area contributed by atoms with Crippen molar-refractivity contribution < 1.29 is 13.6 Å². The van der Waals surface area contributed by atoms with Gasteiger partial charge in [0.1, 0.15) is 34.7 Å². The maximum atomic E-state index is 13.1. The molecule has 0 atom stereocenters. The van der Waals surface area contributed by atoms with Gasteiger partial charge in [-0.3, -0.25) is 14.3 Å². The first-order chi connectivity index (χ1) is 15.9. The van der Waals surface area contributed by atoms with E-state index in [0.717, 1.165) is 0 Å². The molecule has 4 rings (SSSR count). The molecule has 0 aliphatic carbocycles. The first kappa shape index (κ1) is 21.6. The molecular weight excluding hydrogens is 423 g/mol. The number of anilines is 1. The summed E-state index contributed by atoms with van der Waals surface area (Å²) in [6.07, 6.45) is 1.29. The van der Waals surface area contributed by atoms with Crippen LogP contribution in [-0.2, 0) is 11.8 Å². The Morgan fingerprint density at radius 3 is 2.45 bits per heavy atom. The van der Waals surface area contributed by atoms with Crippen molar-refractivity contribution in [3.05, 3.63) is 99.9 Å². The van der Waals surface area contributed by atoms with Gasteiger partial charge in [0.15, 0.2) is 0 Å². The van der Waals surface area contributed by atoms with Gasteiger partial charge in [0.05, 0.1) is 11.4 Å². The number of aromatic nitrogens is 2. The maximum absolute atomic E-state index is 13.1. The van der Waals surface area contributed by atoms with Crippen molar-refractivity contribution in [2.24, 2.45) is 7.05 Å². The third kappa shape index (κ3) is 4.25. The summed E-state index contributed by atoms with van der Waals surface area (Å²) in [5, 5.41) is 12.1. The van der Waals surface area contributed by atoms with Gasteiger partial charge in [-0.1, -0.05) is 18.2 Å². The van der Waals surface area contributed by atoms with Gasteiger partial charge >= 0.3 is 0 Å². The number of halogens is 1. The molecule has 1 N–H and O–H groups in total. The van der Waals surface area contributed by atoms with Gasteiger partial charge in [-0.2, -0.15) is 5.26 Å². The summed E-state index contributed by atoms with van der Waals surface area (Å²) in [5.41, 5.74) is 1.27. The third-order valence-electron chi connectivity index (χ3n) is 5.20. The highest BCUT2D eigenvalue weighted by Crippen LogP contribution is 2.24. The Morgan fingerprint density at radius 1 is 1.09 bits per heavy atom. The number of hydrogen-bond acceptors (Lipinski definition) is 4. The van der Waals surface area contributed by atoms with Crippen molar-refractivity contribution in [3.63, 3.8) is 0 Å². The van der Waals surface area contributed by atoms with E-state index < -0.39 is 11.5 Å². The van der Waals surface area contributed by atoms with Gasteiger partial charge < -0.3 is 9.73 Å². The summed E-state index contributed by atoms with van der Waals surface area (Å²) >= 11 is 0. The zero-order chi connectivity index (χ0) is 23.5. The molecule has 0 aliphatic rings. The Balaban J connectivity index is 1.61. The Labute approximate surface area is 188 Å². The quantitative estimate of drug-likeness (QED) is 0.366. The third-order valence-corrected chi connectivity index (χ3v) is 5.20. The van der Waals surface area contributed by atoms with Crippen LogP contribution in [0.1, 0.15) is 11.5 Å². The molecule has 33 heavy (non-hydrogen) atoms. The maximum Gasteiger partial charge on any atom is 0.295 e. The number of rotatable bonds is 5. The Bertz CT molecular complexity index is 1450. The van der Waals surface area contributed by atoms with E-state index in [-0.39, 0.29) is 22.8 Å². The predicted molar refractivity (Wildman–Crippen MR) is 122 cm³/mol. The molecule has 0 bridgehead atoms. The molecule has 0 unspecified atom stereocenters. The second-order valence-corrected chi connectivity index (χ2v) is 7.27. The highest BCUT2D eigenvalue weighted by molar-refractivity contribution is 6.09. The number of nitriles is 1. The number of carbonyl (C=O) groups excluding carboxylic acids is 1. The van der Waals surface area contributed by atoms with Crippen LogP contribution < -0.4 is 10.9 Å². The molecule has 0 radical (unpaired) electrons. The summed E-state index contributed by atoms with van der Waals surface area (Å²) in [6.45, 7) is 1.70. The van der Waals surface area contributed by atoms with Crippen molar-refractivity contribution in [2.75, 3.05) is 5.32 Å². The molecule has 1 amide bonds. The van der Waals surface area contributed by atoms with Crippen LogP contribution in [0.4, 0.5) is 10.1 Å². The van der Waals surface area contributed by atoms with Gasteiger partial charge in [-0.05, 0) is 55.5 Å². The zero-order valence-electron chi connectivity index (χ0n) is 17.9. The minimum atomic E-state index is -0.733. The minimum absolute atomic E-state index is 0.0824. The molecule has 4 aromatic rings. The van der Waals surface area contributed by atoms with Gasteiger partial charge in [-0.25, -0.2) is 9.07 Å². The first-order valence-corrected chi connectivity index (χ1v) is 10.0. The van der Waals surface area contributed by atoms with E-state index in [1.54, 1.807) is 55.1 Å². The molecule has 0 saturated heterocycles. The second kappa shape index (κ2) is 8.85. The van der Waals surface area contributed by atoms with Crippen LogP contribution in [0.5, 0.6) is 0 Å². The van der Waals surface area contributed by atoms with E-state index in [0.29, 0.717) is 22.7 Å². The van der Waals surface area contributed by atoms with Crippen LogP contribution in [0.25, 0.3) is 23.1 Å². The van der Waals surface area contributed by atoms with E-state index in [4.69, 9.17) is 4.42 Å². The van der Waals surface area contributed by atoms with E-state index >= 15 is 0 Å². The summed E-state index contributed by atoms with van der Waals surface area (Å²) in [6, 6.07) is 19.9. The number of nitrogens with one attached hydrogen (secondary N) is 1. The average Bonchev–Trinajstić information content (AvgIpc) is 3.37. The summed E-state index contributed by atoms with van der Waals surface area (Å²) in [5.74, 6) is -0.365. The summed E-state index contributed by atoms with van der Waals surface area (Å²) < 4.78 is 21.9. The van der Waals surface area contributed by atoms with Crippen LogP contribution in [0, 0.1) is 24.1 Å². The van der Waals surface area contributed by atoms with Crippen molar-refractivity contribution in [3.8, 4) is 23.1 Å². The molecule has 2 aromatic heterocycles. The fraction of sp³-hybridized carbons (Fsp3) is 0.0800. The normalized spacial score (nSPS) is 11.3. The number of amides is 1. The number of hydrogen-bond donors (Lipinski definition) is 1. The highest BCUT2D eigenvalue weighted by atomic mass is 19.1. The monoisotopic (exact) mass is 442 g/mol. The fourth-order valence-electron chi connectivity index (χ4n) is 3.38. The molecule has 0 fully saturated rings. The van der Waals surface area contributed by atoms with E-state index in [1.807, 2.05) is 24.3 Å². The van der Waals surface area contributed by atoms with E-state index in [9.17, 15) is 19.2 Å². The number of furan rings is 1. The molecular formula is C25H19FN4O3. The highest BCUT2D eigenvalue weighted by Gasteiger charge is 2.20. The largest absolute Gasteiger partial charge is 0.457 e. The lowest BCUT2D eigenvalue weighted by Crippen LogP contribution is -2.23. The average molecular weight is 442 g/mol. The van der Waals surface area contributed by atoms with Gasteiger partial charge in [0.2, 0.25) is 0 Å². The first-order valence-electron chi connectivity index (χ1n) is 10.0.